The van der Waals surface area contributed by atoms with Gasteiger partial charge in [0, 0.05) is 11.1 Å². The van der Waals surface area contributed by atoms with Gasteiger partial charge in [0.15, 0.2) is 0 Å². The van der Waals surface area contributed by atoms with Gasteiger partial charge in [-0.15, -0.1) is 0 Å². The molecule has 10 aromatic rings. The molecule has 1 aliphatic rings. The number of furan rings is 1. The van der Waals surface area contributed by atoms with Crippen LogP contribution in [-0.2, 0) is 5.41 Å². The number of rotatable bonds is 6. The van der Waals surface area contributed by atoms with Crippen LogP contribution in [0.15, 0.2) is 223 Å². The van der Waals surface area contributed by atoms with E-state index < -0.39 is 5.41 Å². The number of hydrogen-bond donors (Lipinski definition) is 0. The molecule has 0 atom stereocenters. The molecule has 262 valence electrons. The molecule has 0 saturated heterocycles. The summed E-state index contributed by atoms with van der Waals surface area (Å²) in [4.78, 5) is 0. The quantitative estimate of drug-likeness (QED) is 0.156. The monoisotopic (exact) mass is 712 g/mol. The van der Waals surface area contributed by atoms with Gasteiger partial charge in [0.2, 0.25) is 0 Å². The lowest BCUT2D eigenvalue weighted by molar-refractivity contribution is 0.597. The molecule has 0 aliphatic heterocycles. The Hall–Kier alpha value is -7.22. The van der Waals surface area contributed by atoms with E-state index in [0.29, 0.717) is 0 Å². The zero-order chi connectivity index (χ0) is 37.1. The number of benzene rings is 9. The van der Waals surface area contributed by atoms with Gasteiger partial charge >= 0.3 is 0 Å². The summed E-state index contributed by atoms with van der Waals surface area (Å²) >= 11 is 0. The molecule has 1 heterocycles. The first-order valence-electron chi connectivity index (χ1n) is 19.3. The van der Waals surface area contributed by atoms with Crippen molar-refractivity contribution in [2.45, 2.75) is 5.41 Å². The van der Waals surface area contributed by atoms with Crippen LogP contribution in [0, 0.1) is 0 Å². The fourth-order valence-electron chi connectivity index (χ4n) is 9.12. The summed E-state index contributed by atoms with van der Waals surface area (Å²) < 4.78 is 6.47. The molecule has 0 spiro atoms. The molecule has 9 aromatic carbocycles. The second kappa shape index (κ2) is 13.0. The molecule has 56 heavy (non-hydrogen) atoms. The minimum Gasteiger partial charge on any atom is -0.456 e. The Kier molecular flexibility index (Phi) is 7.47. The summed E-state index contributed by atoms with van der Waals surface area (Å²) in [6, 6.07) is 79.3. The Balaban J connectivity index is 0.894. The first kappa shape index (κ1) is 32.2. The van der Waals surface area contributed by atoms with Crippen LogP contribution in [0.25, 0.3) is 77.6 Å². The van der Waals surface area contributed by atoms with Gasteiger partial charge in [0.05, 0.1) is 5.41 Å². The van der Waals surface area contributed by atoms with Gasteiger partial charge < -0.3 is 4.42 Å². The number of hydrogen-bond acceptors (Lipinski definition) is 1. The minimum absolute atomic E-state index is 0.419. The molecule has 0 radical (unpaired) electrons. The normalized spacial score (nSPS) is 12.8. The highest BCUT2D eigenvalue weighted by Crippen LogP contribution is 2.56. The number of fused-ring (bicyclic) bond motifs is 6. The van der Waals surface area contributed by atoms with E-state index in [-0.39, 0.29) is 0 Å². The van der Waals surface area contributed by atoms with Crippen molar-refractivity contribution in [2.75, 3.05) is 0 Å². The van der Waals surface area contributed by atoms with Crippen molar-refractivity contribution in [1.82, 2.24) is 0 Å². The highest BCUT2D eigenvalue weighted by Gasteiger charge is 2.46. The largest absolute Gasteiger partial charge is 0.456 e. The molecule has 1 aromatic heterocycles. The third-order valence-corrected chi connectivity index (χ3v) is 11.8. The van der Waals surface area contributed by atoms with Crippen LogP contribution in [0.5, 0.6) is 0 Å². The van der Waals surface area contributed by atoms with E-state index in [1.54, 1.807) is 0 Å². The van der Waals surface area contributed by atoms with Crippen LogP contribution < -0.4 is 0 Å². The summed E-state index contributed by atoms with van der Waals surface area (Å²) in [5, 5.41) is 5.09. The molecular formula is C55H36O. The van der Waals surface area contributed by atoms with Crippen molar-refractivity contribution < 1.29 is 4.42 Å². The van der Waals surface area contributed by atoms with Gasteiger partial charge in [-0.3, -0.25) is 0 Å². The van der Waals surface area contributed by atoms with Crippen LogP contribution in [-0.4, -0.2) is 0 Å². The Morgan fingerprint density at radius 2 is 0.768 bits per heavy atom. The third-order valence-electron chi connectivity index (χ3n) is 11.8. The van der Waals surface area contributed by atoms with Crippen molar-refractivity contribution in [3.63, 3.8) is 0 Å². The molecule has 0 fully saturated rings. The van der Waals surface area contributed by atoms with E-state index in [4.69, 9.17) is 4.42 Å². The third kappa shape index (κ3) is 5.09. The first-order chi connectivity index (χ1) is 27.7. The Morgan fingerprint density at radius 3 is 1.45 bits per heavy atom. The molecule has 0 N–H and O–H groups in total. The Labute approximate surface area is 326 Å². The minimum atomic E-state index is -0.419. The molecule has 0 bridgehead atoms. The van der Waals surface area contributed by atoms with E-state index >= 15 is 0 Å². The fourth-order valence-corrected chi connectivity index (χ4v) is 9.12. The van der Waals surface area contributed by atoms with Gasteiger partial charge in [-0.05, 0) is 101 Å². The molecule has 0 saturated carbocycles. The average Bonchev–Trinajstić information content (AvgIpc) is 3.89. The smallest absolute Gasteiger partial charge is 0.134 e. The molecule has 1 nitrogen and oxygen atoms in total. The fraction of sp³-hybridized carbons (Fsp3) is 0.0182. The van der Waals surface area contributed by atoms with E-state index in [0.717, 1.165) is 22.6 Å². The van der Waals surface area contributed by atoms with Crippen LogP contribution in [0.3, 0.4) is 0 Å². The Bertz CT molecular complexity index is 3000. The van der Waals surface area contributed by atoms with Gasteiger partial charge in [0.25, 0.3) is 0 Å². The van der Waals surface area contributed by atoms with E-state index in [1.807, 2.05) is 0 Å². The van der Waals surface area contributed by atoms with E-state index in [9.17, 15) is 0 Å². The second-order valence-electron chi connectivity index (χ2n) is 14.8. The van der Waals surface area contributed by atoms with Gasteiger partial charge in [-0.2, -0.15) is 0 Å². The molecule has 1 aliphatic carbocycles. The zero-order valence-electron chi connectivity index (χ0n) is 30.7. The topological polar surface area (TPSA) is 13.1 Å². The van der Waals surface area contributed by atoms with Gasteiger partial charge in [-0.1, -0.05) is 194 Å². The molecular weight excluding hydrogens is 677 g/mol. The Morgan fingerprint density at radius 1 is 0.286 bits per heavy atom. The highest BCUT2D eigenvalue weighted by molar-refractivity contribution is 6.08. The molecule has 11 rings (SSSR count). The summed E-state index contributed by atoms with van der Waals surface area (Å²) in [6.07, 6.45) is 0. The summed E-state index contributed by atoms with van der Waals surface area (Å²) in [7, 11) is 0. The second-order valence-corrected chi connectivity index (χ2v) is 14.8. The summed E-state index contributed by atoms with van der Waals surface area (Å²) in [5.41, 5.74) is 14.2. The van der Waals surface area contributed by atoms with Crippen LogP contribution in [0.1, 0.15) is 22.3 Å². The van der Waals surface area contributed by atoms with E-state index in [1.165, 1.54) is 77.2 Å². The van der Waals surface area contributed by atoms with E-state index in [2.05, 4.69) is 218 Å². The van der Waals surface area contributed by atoms with Crippen LogP contribution >= 0.6 is 0 Å². The SMILES string of the molecule is c1ccc(C2(c3ccccc3)c3ccccc3-c3ccc(-c4ccc(-c5ccc(-c6ccc(-c7ccc8c(ccc9ccccc98)c7)cc6)o5)cc4)cc32)cc1. The van der Waals surface area contributed by atoms with Crippen LogP contribution in [0.4, 0.5) is 0 Å². The van der Waals surface area contributed by atoms with Crippen LogP contribution in [0.2, 0.25) is 0 Å². The molecule has 1 heteroatoms. The standard InChI is InChI=1S/C55H36O/c1-3-12-45(13-4-1)55(46-14-5-2-6-15-46)51-18-10-9-17-49(51)50-32-30-43(36-52(50)55)38-21-26-41(27-22-38)54-34-33-53(56-54)40-24-19-37(20-25-40)42-29-31-48-44(35-42)28-23-39-11-7-8-16-47(39)48/h1-36H. The lowest BCUT2D eigenvalue weighted by Gasteiger charge is -2.34. The maximum absolute atomic E-state index is 6.47. The highest BCUT2D eigenvalue weighted by atomic mass is 16.3. The maximum atomic E-state index is 6.47. The van der Waals surface area contributed by atoms with Crippen molar-refractivity contribution in [2.24, 2.45) is 0 Å². The predicted molar refractivity (Wildman–Crippen MR) is 233 cm³/mol. The lowest BCUT2D eigenvalue weighted by Crippen LogP contribution is -2.28. The first-order valence-corrected chi connectivity index (χ1v) is 19.3. The maximum Gasteiger partial charge on any atom is 0.134 e. The molecule has 0 amide bonds. The average molecular weight is 713 g/mol. The molecule has 0 unspecified atom stereocenters. The van der Waals surface area contributed by atoms with Crippen molar-refractivity contribution in [1.29, 1.82) is 0 Å². The lowest BCUT2D eigenvalue weighted by atomic mass is 9.67. The zero-order valence-corrected chi connectivity index (χ0v) is 30.7. The summed E-state index contributed by atoms with van der Waals surface area (Å²) in [5.74, 6) is 1.71. The van der Waals surface area contributed by atoms with Crippen molar-refractivity contribution >= 4 is 21.5 Å². The van der Waals surface area contributed by atoms with Gasteiger partial charge in [0.1, 0.15) is 11.5 Å². The van der Waals surface area contributed by atoms with Crippen molar-refractivity contribution in [3.8, 4) is 56.0 Å². The van der Waals surface area contributed by atoms with Crippen molar-refractivity contribution in [3.05, 3.63) is 241 Å². The predicted octanol–water partition coefficient (Wildman–Crippen LogP) is 14.6. The summed E-state index contributed by atoms with van der Waals surface area (Å²) in [6.45, 7) is 0. The van der Waals surface area contributed by atoms with Gasteiger partial charge in [-0.25, -0.2) is 0 Å².